The zero-order valence-electron chi connectivity index (χ0n) is 15.5. The lowest BCUT2D eigenvalue weighted by atomic mass is 9.95. The smallest absolute Gasteiger partial charge is 0.276 e. The van der Waals surface area contributed by atoms with Crippen molar-refractivity contribution in [3.05, 3.63) is 46.3 Å². The van der Waals surface area contributed by atoms with E-state index in [0.717, 1.165) is 35.2 Å². The van der Waals surface area contributed by atoms with E-state index in [-0.39, 0.29) is 24.0 Å². The number of fused-ring (bicyclic) bond motifs is 2. The van der Waals surface area contributed by atoms with Crippen LogP contribution in [-0.2, 0) is 0 Å². The van der Waals surface area contributed by atoms with Crippen molar-refractivity contribution in [2.45, 2.75) is 51.2 Å². The third-order valence-corrected chi connectivity index (χ3v) is 5.80. The topological polar surface area (TPSA) is 67.3 Å². The molecule has 2 aromatic heterocycles. The first-order chi connectivity index (χ1) is 13.1. The van der Waals surface area contributed by atoms with Gasteiger partial charge in [0.05, 0.1) is 12.6 Å². The molecule has 2 aliphatic rings. The fourth-order valence-corrected chi connectivity index (χ4v) is 4.44. The maximum Gasteiger partial charge on any atom is 0.276 e. The Balaban J connectivity index is 1.55. The number of carbonyl (C=O) groups is 1. The number of rotatable bonds is 5. The second-order valence-electron chi connectivity index (χ2n) is 7.09. The van der Waals surface area contributed by atoms with E-state index in [4.69, 9.17) is 4.74 Å². The van der Waals surface area contributed by atoms with Gasteiger partial charge >= 0.3 is 0 Å². The summed E-state index contributed by atoms with van der Waals surface area (Å²) in [7, 11) is 0. The van der Waals surface area contributed by atoms with Crippen LogP contribution in [0, 0.1) is 6.92 Å². The predicted molar refractivity (Wildman–Crippen MR) is 107 cm³/mol. The molecule has 1 amide bonds. The molecular weight excluding hydrogens is 408 g/mol. The van der Waals surface area contributed by atoms with Crippen molar-refractivity contribution in [2.75, 3.05) is 11.9 Å². The maximum absolute atomic E-state index is 13.3. The predicted octanol–water partition coefficient (Wildman–Crippen LogP) is 3.80. The van der Waals surface area contributed by atoms with Crippen molar-refractivity contribution in [2.24, 2.45) is 0 Å². The fraction of sp³-hybridized carbons (Fsp3) is 0.450. The number of nitrogens with one attached hydrogen (secondary N) is 1. The quantitative estimate of drug-likeness (QED) is 0.780. The summed E-state index contributed by atoms with van der Waals surface area (Å²) in [5.41, 5.74) is 1.25. The average molecular weight is 431 g/mol. The van der Waals surface area contributed by atoms with Gasteiger partial charge in [-0.15, -0.1) is 0 Å². The SMILES string of the molecule is CCOc1ccc(C)nc1C(=O)N1C2CCC1C(Nc1ccc(Br)cn1)C2. The molecule has 1 N–H and O–H groups in total. The molecule has 7 heteroatoms. The van der Waals surface area contributed by atoms with Crippen LogP contribution in [-0.4, -0.2) is 45.5 Å². The van der Waals surface area contributed by atoms with Gasteiger partial charge < -0.3 is 15.0 Å². The van der Waals surface area contributed by atoms with Gasteiger partial charge in [-0.05, 0) is 73.3 Å². The summed E-state index contributed by atoms with van der Waals surface area (Å²) in [4.78, 5) is 24.3. The number of carbonyl (C=O) groups excluding carboxylic acids is 1. The molecule has 4 heterocycles. The van der Waals surface area contributed by atoms with E-state index < -0.39 is 0 Å². The molecule has 2 bridgehead atoms. The highest BCUT2D eigenvalue weighted by Gasteiger charge is 2.49. The highest BCUT2D eigenvalue weighted by molar-refractivity contribution is 9.10. The lowest BCUT2D eigenvalue weighted by molar-refractivity contribution is 0.0716. The molecule has 6 nitrogen and oxygen atoms in total. The Hall–Kier alpha value is -2.15. The Morgan fingerprint density at radius 2 is 2.19 bits per heavy atom. The number of ether oxygens (including phenoxy) is 1. The van der Waals surface area contributed by atoms with Crippen LogP contribution in [0.15, 0.2) is 34.9 Å². The molecule has 2 aromatic rings. The third-order valence-electron chi connectivity index (χ3n) is 5.33. The Morgan fingerprint density at radius 1 is 1.33 bits per heavy atom. The lowest BCUT2D eigenvalue weighted by Gasteiger charge is -2.25. The summed E-state index contributed by atoms with van der Waals surface area (Å²) in [6, 6.07) is 8.26. The zero-order valence-corrected chi connectivity index (χ0v) is 17.1. The highest BCUT2D eigenvalue weighted by Crippen LogP contribution is 2.40. The highest BCUT2D eigenvalue weighted by atomic mass is 79.9. The van der Waals surface area contributed by atoms with Crippen LogP contribution in [0.2, 0.25) is 0 Å². The van der Waals surface area contributed by atoms with Crippen LogP contribution in [0.1, 0.15) is 42.4 Å². The Kier molecular flexibility index (Phi) is 5.04. The first-order valence-corrected chi connectivity index (χ1v) is 10.2. The largest absolute Gasteiger partial charge is 0.491 e. The monoisotopic (exact) mass is 430 g/mol. The number of hydrogen-bond donors (Lipinski definition) is 1. The van der Waals surface area contributed by atoms with Crippen LogP contribution in [0.5, 0.6) is 5.75 Å². The van der Waals surface area contributed by atoms with Gasteiger partial charge in [0.2, 0.25) is 0 Å². The molecule has 2 aliphatic heterocycles. The van der Waals surface area contributed by atoms with E-state index in [1.807, 2.05) is 43.0 Å². The Labute approximate surface area is 167 Å². The van der Waals surface area contributed by atoms with Crippen molar-refractivity contribution >= 4 is 27.7 Å². The third kappa shape index (κ3) is 3.52. The van der Waals surface area contributed by atoms with Gasteiger partial charge in [0.1, 0.15) is 5.82 Å². The van der Waals surface area contributed by atoms with Crippen LogP contribution in [0.4, 0.5) is 5.82 Å². The number of amides is 1. The number of hydrogen-bond acceptors (Lipinski definition) is 5. The molecular formula is C20H23BrN4O2. The van der Waals surface area contributed by atoms with Crippen molar-refractivity contribution in [1.29, 1.82) is 0 Å². The summed E-state index contributed by atoms with van der Waals surface area (Å²) in [6.45, 7) is 4.32. The van der Waals surface area contributed by atoms with E-state index in [9.17, 15) is 4.79 Å². The van der Waals surface area contributed by atoms with Crippen LogP contribution in [0.25, 0.3) is 0 Å². The second-order valence-corrected chi connectivity index (χ2v) is 8.01. The molecule has 3 atom stereocenters. The number of halogens is 1. The molecule has 0 aromatic carbocycles. The summed E-state index contributed by atoms with van der Waals surface area (Å²) in [5, 5.41) is 3.51. The van der Waals surface area contributed by atoms with Crippen LogP contribution >= 0.6 is 15.9 Å². The lowest BCUT2D eigenvalue weighted by Crippen LogP contribution is -2.40. The van der Waals surface area contributed by atoms with Crippen LogP contribution in [0.3, 0.4) is 0 Å². The average Bonchev–Trinajstić information content (AvgIpc) is 3.22. The van der Waals surface area contributed by atoms with E-state index in [1.54, 1.807) is 6.20 Å². The van der Waals surface area contributed by atoms with Gasteiger partial charge in [0, 0.05) is 28.4 Å². The molecule has 4 rings (SSSR count). The number of nitrogens with zero attached hydrogens (tertiary/aromatic N) is 3. The maximum atomic E-state index is 13.3. The molecule has 142 valence electrons. The summed E-state index contributed by atoms with van der Waals surface area (Å²) < 4.78 is 6.61. The molecule has 2 saturated heterocycles. The van der Waals surface area contributed by atoms with Gasteiger partial charge in [0.15, 0.2) is 11.4 Å². The zero-order chi connectivity index (χ0) is 19.0. The first kappa shape index (κ1) is 18.2. The molecule has 0 spiro atoms. The van der Waals surface area contributed by atoms with Gasteiger partial charge in [-0.25, -0.2) is 9.97 Å². The minimum Gasteiger partial charge on any atom is -0.491 e. The van der Waals surface area contributed by atoms with E-state index in [0.29, 0.717) is 18.1 Å². The van der Waals surface area contributed by atoms with Gasteiger partial charge in [-0.3, -0.25) is 4.79 Å². The normalized spacial score (nSPS) is 23.5. The molecule has 0 aliphatic carbocycles. The van der Waals surface area contributed by atoms with Crippen molar-refractivity contribution in [1.82, 2.24) is 14.9 Å². The Morgan fingerprint density at radius 3 is 2.93 bits per heavy atom. The van der Waals surface area contributed by atoms with E-state index in [1.165, 1.54) is 0 Å². The summed E-state index contributed by atoms with van der Waals surface area (Å²) in [5.74, 6) is 1.38. The van der Waals surface area contributed by atoms with Gasteiger partial charge in [0.25, 0.3) is 5.91 Å². The number of aromatic nitrogens is 2. The molecule has 0 saturated carbocycles. The van der Waals surface area contributed by atoms with E-state index >= 15 is 0 Å². The number of aryl methyl sites for hydroxylation is 1. The molecule has 0 radical (unpaired) electrons. The van der Waals surface area contributed by atoms with E-state index in [2.05, 4.69) is 31.2 Å². The number of pyridine rings is 2. The number of anilines is 1. The summed E-state index contributed by atoms with van der Waals surface area (Å²) in [6.07, 6.45) is 4.76. The first-order valence-electron chi connectivity index (χ1n) is 9.38. The summed E-state index contributed by atoms with van der Waals surface area (Å²) >= 11 is 3.41. The standard InChI is InChI=1S/C20H23BrN4O2/c1-3-27-17-8-4-12(2)23-19(17)20(26)25-14-6-7-16(25)15(10-14)24-18-9-5-13(21)11-22-18/h4-5,8-9,11,14-16H,3,6-7,10H2,1-2H3,(H,22,24). The molecule has 2 fully saturated rings. The van der Waals surface area contributed by atoms with Gasteiger partial charge in [-0.2, -0.15) is 0 Å². The molecule has 27 heavy (non-hydrogen) atoms. The van der Waals surface area contributed by atoms with Crippen molar-refractivity contribution in [3.8, 4) is 5.75 Å². The minimum absolute atomic E-state index is 0.0253. The molecule has 3 unspecified atom stereocenters. The second kappa shape index (κ2) is 7.46. The minimum atomic E-state index is -0.0253. The van der Waals surface area contributed by atoms with Crippen LogP contribution < -0.4 is 10.1 Å². The fourth-order valence-electron chi connectivity index (χ4n) is 4.20. The Bertz CT molecular complexity index is 842. The van der Waals surface area contributed by atoms with Gasteiger partial charge in [-0.1, -0.05) is 0 Å². The van der Waals surface area contributed by atoms with Crippen molar-refractivity contribution < 1.29 is 9.53 Å². The van der Waals surface area contributed by atoms with Crippen molar-refractivity contribution in [3.63, 3.8) is 0 Å².